The zero-order valence-electron chi connectivity index (χ0n) is 11.5. The van der Waals surface area contributed by atoms with Gasteiger partial charge in [-0.25, -0.2) is 8.42 Å². The smallest absolute Gasteiger partial charge is 0.164 e. The van der Waals surface area contributed by atoms with Crippen LogP contribution in [0.5, 0.6) is 5.75 Å². The summed E-state index contributed by atoms with van der Waals surface area (Å²) in [4.78, 5) is 14.1. The normalized spacial score (nSPS) is 18.6. The molecule has 1 aromatic carbocycles. The molecule has 5 nitrogen and oxygen atoms in total. The molecule has 0 unspecified atom stereocenters. The van der Waals surface area contributed by atoms with Gasteiger partial charge in [0.1, 0.15) is 5.75 Å². The van der Waals surface area contributed by atoms with Gasteiger partial charge in [-0.15, -0.1) is 0 Å². The lowest BCUT2D eigenvalue weighted by molar-refractivity contribution is 0.0966. The third kappa shape index (κ3) is 4.05. The first kappa shape index (κ1) is 15.0. The van der Waals surface area contributed by atoms with E-state index in [1.54, 1.807) is 31.4 Å². The summed E-state index contributed by atoms with van der Waals surface area (Å²) in [5, 5.41) is 0. The van der Waals surface area contributed by atoms with Gasteiger partial charge in [-0.05, 0) is 12.1 Å². The van der Waals surface area contributed by atoms with E-state index in [-0.39, 0.29) is 17.3 Å². The predicted octanol–water partition coefficient (Wildman–Crippen LogP) is 0.998. The summed E-state index contributed by atoms with van der Waals surface area (Å²) >= 11 is 0. The lowest BCUT2D eigenvalue weighted by Crippen LogP contribution is -2.41. The van der Waals surface area contributed by atoms with Crippen molar-refractivity contribution in [1.29, 1.82) is 0 Å². The lowest BCUT2D eigenvalue weighted by atomic mass is 10.1. The van der Waals surface area contributed by atoms with Gasteiger partial charge in [-0.1, -0.05) is 12.1 Å². The van der Waals surface area contributed by atoms with Crippen molar-refractivity contribution in [2.45, 2.75) is 6.42 Å². The van der Waals surface area contributed by atoms with E-state index in [0.717, 1.165) is 0 Å². The summed E-state index contributed by atoms with van der Waals surface area (Å²) in [6.07, 6.45) is 0.396. The van der Waals surface area contributed by atoms with Crippen LogP contribution in [0.1, 0.15) is 16.8 Å². The van der Waals surface area contributed by atoms with Gasteiger partial charge in [0.2, 0.25) is 0 Å². The summed E-state index contributed by atoms with van der Waals surface area (Å²) in [7, 11) is -1.29. The minimum Gasteiger partial charge on any atom is -0.497 e. The van der Waals surface area contributed by atoms with Gasteiger partial charge < -0.3 is 9.64 Å². The molecule has 0 amide bonds. The number of rotatable bonds is 5. The zero-order chi connectivity index (χ0) is 14.6. The highest BCUT2D eigenvalue weighted by Crippen LogP contribution is 2.14. The van der Waals surface area contributed by atoms with Crippen molar-refractivity contribution in [3.05, 3.63) is 29.8 Å². The fraction of sp³-hybridized carbons (Fsp3) is 0.500. The Morgan fingerprint density at radius 1 is 1.30 bits per heavy atom. The fourth-order valence-electron chi connectivity index (χ4n) is 2.17. The summed E-state index contributed by atoms with van der Waals surface area (Å²) in [5.74, 6) is 1.11. The van der Waals surface area contributed by atoms with Crippen LogP contribution in [0.2, 0.25) is 0 Å². The Hall–Kier alpha value is -1.40. The molecule has 1 fully saturated rings. The molecule has 0 aliphatic carbocycles. The van der Waals surface area contributed by atoms with Crippen LogP contribution in [0.3, 0.4) is 0 Å². The van der Waals surface area contributed by atoms with Crippen LogP contribution in [-0.4, -0.2) is 57.4 Å². The van der Waals surface area contributed by atoms with Crippen LogP contribution >= 0.6 is 0 Å². The number of benzene rings is 1. The molecule has 6 heteroatoms. The van der Waals surface area contributed by atoms with Crippen LogP contribution in [-0.2, 0) is 9.84 Å². The number of sulfone groups is 1. The van der Waals surface area contributed by atoms with Gasteiger partial charge in [0.15, 0.2) is 15.6 Å². The molecule has 2 rings (SSSR count). The maximum absolute atomic E-state index is 12.1. The van der Waals surface area contributed by atoms with Gasteiger partial charge >= 0.3 is 0 Å². The van der Waals surface area contributed by atoms with E-state index in [4.69, 9.17) is 4.74 Å². The van der Waals surface area contributed by atoms with E-state index in [9.17, 15) is 13.2 Å². The Kier molecular flexibility index (Phi) is 4.77. The number of nitrogens with zero attached hydrogens (tertiary/aromatic N) is 1. The molecular formula is C14H19NO4S. The van der Waals surface area contributed by atoms with Crippen molar-refractivity contribution >= 4 is 15.6 Å². The number of hydrogen-bond donors (Lipinski definition) is 0. The molecule has 1 aliphatic rings. The molecule has 1 aromatic rings. The van der Waals surface area contributed by atoms with Crippen molar-refractivity contribution < 1.29 is 17.9 Å². The van der Waals surface area contributed by atoms with E-state index in [0.29, 0.717) is 37.4 Å². The molecule has 1 saturated heterocycles. The average molecular weight is 297 g/mol. The quantitative estimate of drug-likeness (QED) is 0.759. The molecule has 0 radical (unpaired) electrons. The molecule has 0 aromatic heterocycles. The van der Waals surface area contributed by atoms with E-state index < -0.39 is 9.84 Å². The van der Waals surface area contributed by atoms with E-state index >= 15 is 0 Å². The summed E-state index contributed by atoms with van der Waals surface area (Å²) in [5.41, 5.74) is 0.633. The topological polar surface area (TPSA) is 63.7 Å². The fourth-order valence-corrected chi connectivity index (χ4v) is 3.45. The van der Waals surface area contributed by atoms with Gasteiger partial charge in [0.25, 0.3) is 0 Å². The number of carbonyl (C=O) groups excluding carboxylic acids is 1. The molecule has 110 valence electrons. The summed E-state index contributed by atoms with van der Waals surface area (Å²) in [6.45, 7) is 1.65. The van der Waals surface area contributed by atoms with Crippen molar-refractivity contribution in [2.24, 2.45) is 0 Å². The molecule has 0 atom stereocenters. The molecule has 0 bridgehead atoms. The van der Waals surface area contributed by atoms with E-state index in [2.05, 4.69) is 0 Å². The summed E-state index contributed by atoms with van der Waals surface area (Å²) < 4.78 is 27.7. The predicted molar refractivity (Wildman–Crippen MR) is 77.0 cm³/mol. The van der Waals surface area contributed by atoms with Crippen molar-refractivity contribution in [2.75, 3.05) is 38.2 Å². The minimum atomic E-state index is -2.86. The van der Waals surface area contributed by atoms with Crippen LogP contribution < -0.4 is 4.74 Å². The molecule has 0 spiro atoms. The Morgan fingerprint density at radius 2 is 2.00 bits per heavy atom. The van der Waals surface area contributed by atoms with E-state index in [1.165, 1.54) is 0 Å². The Bertz CT molecular complexity index is 569. The number of methoxy groups -OCH3 is 1. The van der Waals surface area contributed by atoms with E-state index in [1.807, 2.05) is 4.90 Å². The average Bonchev–Trinajstić information content (AvgIpc) is 2.46. The lowest BCUT2D eigenvalue weighted by Gasteiger charge is -2.26. The highest BCUT2D eigenvalue weighted by molar-refractivity contribution is 7.91. The van der Waals surface area contributed by atoms with Crippen LogP contribution in [0.4, 0.5) is 0 Å². The monoisotopic (exact) mass is 297 g/mol. The van der Waals surface area contributed by atoms with Crippen molar-refractivity contribution in [1.82, 2.24) is 4.90 Å². The second-order valence-corrected chi connectivity index (χ2v) is 7.20. The van der Waals surface area contributed by atoms with Crippen LogP contribution in [0.15, 0.2) is 24.3 Å². The number of ketones is 1. The molecule has 20 heavy (non-hydrogen) atoms. The molecule has 1 aliphatic heterocycles. The maximum Gasteiger partial charge on any atom is 0.164 e. The first-order chi connectivity index (χ1) is 9.50. The molecular weight excluding hydrogens is 278 g/mol. The number of hydrogen-bond acceptors (Lipinski definition) is 5. The minimum absolute atomic E-state index is 0.0531. The Morgan fingerprint density at radius 3 is 2.65 bits per heavy atom. The zero-order valence-corrected chi connectivity index (χ0v) is 12.4. The van der Waals surface area contributed by atoms with Gasteiger partial charge in [-0.2, -0.15) is 0 Å². The maximum atomic E-state index is 12.1. The molecule has 0 saturated carbocycles. The SMILES string of the molecule is COc1cccc(C(=O)CCN2CCS(=O)(=O)CC2)c1. The largest absolute Gasteiger partial charge is 0.497 e. The number of Topliss-reactive ketones (excluding diaryl/α,β-unsaturated/α-hetero) is 1. The van der Waals surface area contributed by atoms with Gasteiger partial charge in [0, 0.05) is 31.6 Å². The van der Waals surface area contributed by atoms with Gasteiger partial charge in [-0.3, -0.25) is 4.79 Å². The third-order valence-electron chi connectivity index (χ3n) is 3.48. The number of carbonyl (C=O) groups is 1. The third-order valence-corrected chi connectivity index (χ3v) is 5.09. The first-order valence-electron chi connectivity index (χ1n) is 6.60. The Labute approximate surface area is 119 Å². The molecule has 0 N–H and O–H groups in total. The van der Waals surface area contributed by atoms with Gasteiger partial charge in [0.05, 0.1) is 18.6 Å². The second kappa shape index (κ2) is 6.37. The Balaban J connectivity index is 1.86. The van der Waals surface area contributed by atoms with Crippen molar-refractivity contribution in [3.63, 3.8) is 0 Å². The highest BCUT2D eigenvalue weighted by atomic mass is 32.2. The highest BCUT2D eigenvalue weighted by Gasteiger charge is 2.21. The van der Waals surface area contributed by atoms with Crippen molar-refractivity contribution in [3.8, 4) is 5.75 Å². The van der Waals surface area contributed by atoms with Crippen LogP contribution in [0.25, 0.3) is 0 Å². The number of ether oxygens (including phenoxy) is 1. The summed E-state index contributed by atoms with van der Waals surface area (Å²) in [6, 6.07) is 7.08. The first-order valence-corrected chi connectivity index (χ1v) is 8.42. The standard InChI is InChI=1S/C14H19NO4S/c1-19-13-4-2-3-12(11-13)14(16)5-6-15-7-9-20(17,18)10-8-15/h2-4,11H,5-10H2,1H3. The van der Waals surface area contributed by atoms with Crippen LogP contribution in [0, 0.1) is 0 Å². The second-order valence-electron chi connectivity index (χ2n) is 4.90. The molecule has 1 heterocycles.